The van der Waals surface area contributed by atoms with E-state index in [9.17, 15) is 4.79 Å². The zero-order chi connectivity index (χ0) is 12.6. The Bertz CT molecular complexity index is 294. The number of benzene rings is 1. The Labute approximate surface area is 128 Å². The summed E-state index contributed by atoms with van der Waals surface area (Å²) in [6, 6.07) is 10.4. The van der Waals surface area contributed by atoms with Crippen molar-refractivity contribution in [2.45, 2.75) is 62.8 Å². The second-order valence-electron chi connectivity index (χ2n) is 4.06. The standard InChI is InChI=1S/C13H18O.CH4O.4CH4/c1-10(12(3)14)9-11(2)13-7-5-4-6-8-13;1-2;;;;/h4-8,10-11H,9H2,1-3H3;2H,1H3;4*1H4. The van der Waals surface area contributed by atoms with E-state index in [0.717, 1.165) is 13.5 Å². The molecule has 0 amide bonds. The summed E-state index contributed by atoms with van der Waals surface area (Å²) in [5.41, 5.74) is 1.32. The number of hydrogen-bond acceptors (Lipinski definition) is 2. The predicted molar refractivity (Wildman–Crippen MR) is 94.4 cm³/mol. The topological polar surface area (TPSA) is 37.3 Å². The molecule has 0 spiro atoms. The Kier molecular flexibility index (Phi) is 27.9. The molecule has 1 aromatic carbocycles. The minimum absolute atomic E-state index is 0. The number of rotatable bonds is 4. The molecule has 2 heteroatoms. The number of aliphatic hydroxyl groups is 1. The molecule has 0 aliphatic heterocycles. The number of carbonyl (C=O) groups excluding carboxylic acids is 1. The molecular weight excluding hydrogens is 248 g/mol. The average Bonchev–Trinajstić information content (AvgIpc) is 2.32. The van der Waals surface area contributed by atoms with Crippen LogP contribution < -0.4 is 0 Å². The van der Waals surface area contributed by atoms with Crippen LogP contribution in [0.25, 0.3) is 0 Å². The fraction of sp³-hybridized carbons (Fsp3) is 0.611. The van der Waals surface area contributed by atoms with Crippen LogP contribution in [0.15, 0.2) is 30.3 Å². The molecule has 0 aliphatic rings. The van der Waals surface area contributed by atoms with Gasteiger partial charge >= 0.3 is 0 Å². The smallest absolute Gasteiger partial charge is 0.132 e. The molecule has 0 aromatic heterocycles. The third-order valence-corrected chi connectivity index (χ3v) is 2.77. The third-order valence-electron chi connectivity index (χ3n) is 2.77. The van der Waals surface area contributed by atoms with Gasteiger partial charge < -0.3 is 5.11 Å². The molecule has 0 saturated carbocycles. The molecule has 0 radical (unpaired) electrons. The highest BCUT2D eigenvalue weighted by atomic mass is 16.2. The second kappa shape index (κ2) is 17.8. The molecule has 0 saturated heterocycles. The van der Waals surface area contributed by atoms with Gasteiger partial charge in [0, 0.05) is 13.0 Å². The number of hydrogen-bond donors (Lipinski definition) is 1. The minimum atomic E-state index is 0. The van der Waals surface area contributed by atoms with Gasteiger partial charge in [-0.1, -0.05) is 73.9 Å². The maximum atomic E-state index is 11.1. The maximum absolute atomic E-state index is 11.1. The number of aliphatic hydroxyl groups excluding tert-OH is 1. The quantitative estimate of drug-likeness (QED) is 0.787. The summed E-state index contributed by atoms with van der Waals surface area (Å²) in [6.07, 6.45) is 0.944. The van der Waals surface area contributed by atoms with Crippen LogP contribution >= 0.6 is 0 Å². The Morgan fingerprint density at radius 1 is 1.00 bits per heavy atom. The van der Waals surface area contributed by atoms with E-state index >= 15 is 0 Å². The summed E-state index contributed by atoms with van der Waals surface area (Å²) in [5, 5.41) is 7.00. The number of carbonyl (C=O) groups is 1. The lowest BCUT2D eigenvalue weighted by Gasteiger charge is -2.15. The molecule has 20 heavy (non-hydrogen) atoms. The van der Waals surface area contributed by atoms with E-state index < -0.39 is 0 Å². The summed E-state index contributed by atoms with van der Waals surface area (Å²) in [7, 11) is 1.00. The lowest BCUT2D eigenvalue weighted by molar-refractivity contribution is -0.120. The summed E-state index contributed by atoms with van der Waals surface area (Å²) in [6.45, 7) is 5.85. The van der Waals surface area contributed by atoms with Gasteiger partial charge in [-0.25, -0.2) is 0 Å². The van der Waals surface area contributed by atoms with E-state index in [2.05, 4.69) is 19.1 Å². The van der Waals surface area contributed by atoms with Gasteiger partial charge in [0.2, 0.25) is 0 Å². The van der Waals surface area contributed by atoms with Crippen molar-refractivity contribution in [3.63, 3.8) is 0 Å². The molecule has 2 atom stereocenters. The zero-order valence-corrected chi connectivity index (χ0v) is 10.6. The van der Waals surface area contributed by atoms with Crippen LogP contribution in [0.2, 0.25) is 0 Å². The third kappa shape index (κ3) is 11.9. The van der Waals surface area contributed by atoms with Gasteiger partial charge in [0.1, 0.15) is 5.78 Å². The van der Waals surface area contributed by atoms with E-state index in [1.165, 1.54) is 5.56 Å². The van der Waals surface area contributed by atoms with Crippen LogP contribution in [-0.4, -0.2) is 18.0 Å². The van der Waals surface area contributed by atoms with Gasteiger partial charge in [-0.15, -0.1) is 0 Å². The molecule has 0 bridgehead atoms. The van der Waals surface area contributed by atoms with E-state index in [1.54, 1.807) is 6.92 Å². The molecule has 1 rings (SSSR count). The molecule has 1 aromatic rings. The van der Waals surface area contributed by atoms with Crippen molar-refractivity contribution in [3.8, 4) is 0 Å². The summed E-state index contributed by atoms with van der Waals surface area (Å²) in [4.78, 5) is 11.1. The van der Waals surface area contributed by atoms with Crippen molar-refractivity contribution in [3.05, 3.63) is 35.9 Å². The maximum Gasteiger partial charge on any atom is 0.132 e. The van der Waals surface area contributed by atoms with Gasteiger partial charge in [0.15, 0.2) is 0 Å². The molecule has 0 fully saturated rings. The van der Waals surface area contributed by atoms with Gasteiger partial charge in [0.25, 0.3) is 0 Å². The molecule has 2 nitrogen and oxygen atoms in total. The Morgan fingerprint density at radius 2 is 1.40 bits per heavy atom. The largest absolute Gasteiger partial charge is 0.400 e. The normalized spacial score (nSPS) is 10.7. The first kappa shape index (κ1) is 31.3. The molecule has 1 N–H and O–H groups in total. The van der Waals surface area contributed by atoms with Gasteiger partial charge in [-0.2, -0.15) is 0 Å². The first-order chi connectivity index (χ1) is 7.61. The zero-order valence-electron chi connectivity index (χ0n) is 10.6. The number of Topliss-reactive ketones (excluding diaryl/α,β-unsaturated/α-hetero) is 1. The van der Waals surface area contributed by atoms with Gasteiger partial charge in [-0.05, 0) is 24.8 Å². The van der Waals surface area contributed by atoms with Crippen LogP contribution in [0.1, 0.15) is 68.4 Å². The molecular formula is C18H38O2. The van der Waals surface area contributed by atoms with E-state index in [0.29, 0.717) is 5.92 Å². The van der Waals surface area contributed by atoms with Crippen molar-refractivity contribution in [2.24, 2.45) is 5.92 Å². The van der Waals surface area contributed by atoms with E-state index in [4.69, 9.17) is 5.11 Å². The Balaban J connectivity index is -0.000000119. The van der Waals surface area contributed by atoms with Crippen molar-refractivity contribution >= 4 is 5.78 Å². The van der Waals surface area contributed by atoms with Crippen LogP contribution in [0.4, 0.5) is 0 Å². The fourth-order valence-corrected chi connectivity index (χ4v) is 1.61. The summed E-state index contributed by atoms with van der Waals surface area (Å²) in [5.74, 6) is 0.924. The van der Waals surface area contributed by atoms with Crippen molar-refractivity contribution in [1.82, 2.24) is 0 Å². The highest BCUT2D eigenvalue weighted by Crippen LogP contribution is 2.23. The highest BCUT2D eigenvalue weighted by molar-refractivity contribution is 5.77. The molecule has 122 valence electrons. The van der Waals surface area contributed by atoms with E-state index in [1.807, 2.05) is 25.1 Å². The molecule has 0 aliphatic carbocycles. The van der Waals surface area contributed by atoms with Gasteiger partial charge in [0.05, 0.1) is 0 Å². The first-order valence-electron chi connectivity index (χ1n) is 5.61. The lowest BCUT2D eigenvalue weighted by Crippen LogP contribution is -2.09. The predicted octanol–water partition coefficient (Wildman–Crippen LogP) is 5.56. The fourth-order valence-electron chi connectivity index (χ4n) is 1.61. The monoisotopic (exact) mass is 286 g/mol. The van der Waals surface area contributed by atoms with Crippen LogP contribution in [-0.2, 0) is 4.79 Å². The van der Waals surface area contributed by atoms with Gasteiger partial charge in [-0.3, -0.25) is 4.79 Å². The Hall–Kier alpha value is -1.15. The number of ketones is 1. The second-order valence-corrected chi connectivity index (χ2v) is 4.06. The average molecular weight is 286 g/mol. The molecule has 2 unspecified atom stereocenters. The molecule has 0 heterocycles. The van der Waals surface area contributed by atoms with Crippen molar-refractivity contribution in [2.75, 3.05) is 7.11 Å². The summed E-state index contributed by atoms with van der Waals surface area (Å²) < 4.78 is 0. The lowest BCUT2D eigenvalue weighted by atomic mass is 9.89. The Morgan fingerprint density at radius 3 is 1.75 bits per heavy atom. The van der Waals surface area contributed by atoms with Crippen molar-refractivity contribution in [1.29, 1.82) is 0 Å². The SMILES string of the molecule is C.C.C.C.CC(=O)C(C)CC(C)c1ccccc1.CO. The van der Waals surface area contributed by atoms with Crippen LogP contribution in [0.3, 0.4) is 0 Å². The van der Waals surface area contributed by atoms with Crippen molar-refractivity contribution < 1.29 is 9.90 Å². The highest BCUT2D eigenvalue weighted by Gasteiger charge is 2.13. The minimum Gasteiger partial charge on any atom is -0.400 e. The first-order valence-corrected chi connectivity index (χ1v) is 5.61. The van der Waals surface area contributed by atoms with E-state index in [-0.39, 0.29) is 41.4 Å². The van der Waals surface area contributed by atoms with Crippen LogP contribution in [0, 0.1) is 5.92 Å². The van der Waals surface area contributed by atoms with Crippen LogP contribution in [0.5, 0.6) is 0 Å². The summed E-state index contributed by atoms with van der Waals surface area (Å²) >= 11 is 0.